The molecule has 6 nitrogen and oxygen atoms in total. The zero-order valence-electron chi connectivity index (χ0n) is 22.8. The summed E-state index contributed by atoms with van der Waals surface area (Å²) in [7, 11) is 0. The molecule has 39 heavy (non-hydrogen) atoms. The molecule has 0 radical (unpaired) electrons. The molecule has 6 rings (SSSR count). The number of aromatic nitrogens is 1. The normalized spacial score (nSPS) is 24.0. The van der Waals surface area contributed by atoms with Gasteiger partial charge in [0, 0.05) is 37.9 Å². The summed E-state index contributed by atoms with van der Waals surface area (Å²) in [4.78, 5) is 21.8. The lowest BCUT2D eigenvalue weighted by molar-refractivity contribution is -0.144. The third-order valence-electron chi connectivity index (χ3n) is 9.46. The molecule has 1 aliphatic carbocycles. The fraction of sp³-hybridized carbons (Fsp3) is 0.515. The van der Waals surface area contributed by atoms with Crippen LogP contribution in [0.4, 0.5) is 0 Å². The number of nitrogens with zero attached hydrogens (tertiary/aromatic N) is 3. The Hall–Kier alpha value is -2.96. The second-order valence-corrected chi connectivity index (χ2v) is 12.0. The lowest BCUT2D eigenvalue weighted by Crippen LogP contribution is -2.43. The number of piperidine rings is 1. The highest BCUT2D eigenvalue weighted by atomic mass is 16.4. The van der Waals surface area contributed by atoms with E-state index in [0.717, 1.165) is 70.1 Å². The smallest absolute Gasteiger partial charge is 0.320 e. The zero-order valence-corrected chi connectivity index (χ0v) is 22.8. The van der Waals surface area contributed by atoms with Gasteiger partial charge < -0.3 is 14.4 Å². The number of benzene rings is 2. The van der Waals surface area contributed by atoms with E-state index in [0.29, 0.717) is 23.7 Å². The van der Waals surface area contributed by atoms with Crippen LogP contribution in [-0.4, -0.2) is 64.6 Å². The molecule has 0 amide bonds. The van der Waals surface area contributed by atoms with E-state index in [9.17, 15) is 9.90 Å². The summed E-state index contributed by atoms with van der Waals surface area (Å²) < 4.78 is 6.19. The van der Waals surface area contributed by atoms with Crippen LogP contribution < -0.4 is 0 Å². The molecule has 3 atom stereocenters. The predicted octanol–water partition coefficient (Wildman–Crippen LogP) is 5.80. The summed E-state index contributed by atoms with van der Waals surface area (Å²) >= 11 is 0. The number of hydrogen-bond acceptors (Lipinski definition) is 5. The van der Waals surface area contributed by atoms with Crippen molar-refractivity contribution in [3.8, 4) is 0 Å². The zero-order chi connectivity index (χ0) is 26.6. The number of aliphatic carboxylic acids is 1. The molecule has 0 unspecified atom stereocenters. The van der Waals surface area contributed by atoms with Crippen molar-refractivity contribution < 1.29 is 14.3 Å². The van der Waals surface area contributed by atoms with E-state index < -0.39 is 5.97 Å². The standard InChI is InChI=1S/C33H41N3O3/c37-33(38)30(18-24-10-7-11-24)36-22-28(29(23-36)26-12-5-2-6-13-26)21-35-16-14-27(15-17-35)31-20-34-32(39-31)19-25-8-3-1-4-9-25/h1-6,8-9,12-13,20,24,27-30H,7,10-11,14-19,21-23H2,(H,37,38)/t28-,29+,30+/m0/s1. The van der Waals surface area contributed by atoms with Crippen molar-refractivity contribution in [1.29, 1.82) is 0 Å². The van der Waals surface area contributed by atoms with E-state index >= 15 is 0 Å². The molecule has 2 aromatic carbocycles. The van der Waals surface area contributed by atoms with Crippen molar-refractivity contribution in [2.45, 2.75) is 62.8 Å². The molecule has 3 fully saturated rings. The lowest BCUT2D eigenvalue weighted by atomic mass is 9.80. The van der Waals surface area contributed by atoms with Crippen LogP contribution in [0.25, 0.3) is 0 Å². The summed E-state index contributed by atoms with van der Waals surface area (Å²) in [5.41, 5.74) is 2.57. The van der Waals surface area contributed by atoms with Crippen LogP contribution in [0.5, 0.6) is 0 Å². The molecule has 0 bridgehead atoms. The summed E-state index contributed by atoms with van der Waals surface area (Å²) in [5, 5.41) is 10.1. The Morgan fingerprint density at radius 1 is 0.974 bits per heavy atom. The molecule has 1 aromatic heterocycles. The molecule has 0 spiro atoms. The maximum absolute atomic E-state index is 12.3. The summed E-state index contributed by atoms with van der Waals surface area (Å²) in [6, 6.07) is 20.8. The Morgan fingerprint density at radius 3 is 2.36 bits per heavy atom. The number of oxazole rings is 1. The van der Waals surface area contributed by atoms with Gasteiger partial charge in [-0.1, -0.05) is 79.9 Å². The largest absolute Gasteiger partial charge is 0.480 e. The number of rotatable bonds is 10. The van der Waals surface area contributed by atoms with Crippen LogP contribution in [0.15, 0.2) is 71.3 Å². The third kappa shape index (κ3) is 6.28. The molecule has 2 saturated heterocycles. The number of carboxylic acids is 1. The molecule has 3 heterocycles. The molecule has 206 valence electrons. The Labute approximate surface area is 232 Å². The van der Waals surface area contributed by atoms with Gasteiger partial charge in [-0.15, -0.1) is 0 Å². The van der Waals surface area contributed by atoms with Gasteiger partial charge in [0.1, 0.15) is 11.8 Å². The maximum atomic E-state index is 12.3. The van der Waals surface area contributed by atoms with Crippen molar-refractivity contribution >= 4 is 5.97 Å². The number of hydrogen-bond donors (Lipinski definition) is 1. The van der Waals surface area contributed by atoms with Gasteiger partial charge in [0.25, 0.3) is 0 Å². The second-order valence-electron chi connectivity index (χ2n) is 12.0. The van der Waals surface area contributed by atoms with E-state index in [4.69, 9.17) is 4.42 Å². The molecule has 3 aliphatic rings. The van der Waals surface area contributed by atoms with Crippen LogP contribution in [0.2, 0.25) is 0 Å². The number of likely N-dealkylation sites (tertiary alicyclic amines) is 2. The predicted molar refractivity (Wildman–Crippen MR) is 152 cm³/mol. The lowest BCUT2D eigenvalue weighted by Gasteiger charge is -2.34. The van der Waals surface area contributed by atoms with Gasteiger partial charge in [-0.3, -0.25) is 9.69 Å². The number of carbonyl (C=O) groups is 1. The third-order valence-corrected chi connectivity index (χ3v) is 9.46. The van der Waals surface area contributed by atoms with Crippen LogP contribution in [0.1, 0.15) is 73.1 Å². The first-order valence-electron chi connectivity index (χ1n) is 14.8. The molecule has 1 saturated carbocycles. The highest BCUT2D eigenvalue weighted by molar-refractivity contribution is 5.73. The quantitative estimate of drug-likeness (QED) is 0.359. The van der Waals surface area contributed by atoms with E-state index in [1.54, 1.807) is 0 Å². The van der Waals surface area contributed by atoms with Crippen molar-refractivity contribution in [2.24, 2.45) is 11.8 Å². The van der Waals surface area contributed by atoms with E-state index in [-0.39, 0.29) is 6.04 Å². The van der Waals surface area contributed by atoms with Crippen LogP contribution in [-0.2, 0) is 11.2 Å². The summed E-state index contributed by atoms with van der Waals surface area (Å²) in [6.07, 6.45) is 9.26. The van der Waals surface area contributed by atoms with Crippen LogP contribution >= 0.6 is 0 Å². The van der Waals surface area contributed by atoms with Gasteiger partial charge >= 0.3 is 5.97 Å². The topological polar surface area (TPSA) is 69.8 Å². The van der Waals surface area contributed by atoms with Gasteiger partial charge in [-0.05, 0) is 55.3 Å². The Balaban J connectivity index is 1.08. The van der Waals surface area contributed by atoms with Crippen molar-refractivity contribution in [1.82, 2.24) is 14.8 Å². The van der Waals surface area contributed by atoms with Gasteiger partial charge in [0.15, 0.2) is 5.89 Å². The molecular formula is C33H41N3O3. The highest BCUT2D eigenvalue weighted by Crippen LogP contribution is 2.39. The van der Waals surface area contributed by atoms with E-state index in [2.05, 4.69) is 69.4 Å². The van der Waals surface area contributed by atoms with E-state index in [1.165, 1.54) is 30.4 Å². The first-order valence-corrected chi connectivity index (χ1v) is 14.8. The highest BCUT2D eigenvalue weighted by Gasteiger charge is 2.41. The maximum Gasteiger partial charge on any atom is 0.320 e. The Bertz CT molecular complexity index is 1200. The molecular weight excluding hydrogens is 486 g/mol. The first-order chi connectivity index (χ1) is 19.1. The minimum absolute atomic E-state index is 0.353. The summed E-state index contributed by atoms with van der Waals surface area (Å²) in [5.74, 6) is 3.00. The molecule has 6 heteroatoms. The minimum atomic E-state index is -0.645. The average molecular weight is 528 g/mol. The fourth-order valence-electron chi connectivity index (χ4n) is 6.97. The Kier molecular flexibility index (Phi) is 8.12. The average Bonchev–Trinajstić information content (AvgIpc) is 3.57. The van der Waals surface area contributed by atoms with Gasteiger partial charge in [0.05, 0.1) is 6.20 Å². The Morgan fingerprint density at radius 2 is 1.69 bits per heavy atom. The molecule has 1 N–H and O–H groups in total. The monoisotopic (exact) mass is 527 g/mol. The molecule has 2 aliphatic heterocycles. The summed E-state index contributed by atoms with van der Waals surface area (Å²) in [6.45, 7) is 4.82. The van der Waals surface area contributed by atoms with Crippen LogP contribution in [0.3, 0.4) is 0 Å². The van der Waals surface area contributed by atoms with Crippen molar-refractivity contribution in [2.75, 3.05) is 32.7 Å². The van der Waals surface area contributed by atoms with Crippen molar-refractivity contribution in [3.63, 3.8) is 0 Å². The minimum Gasteiger partial charge on any atom is -0.480 e. The van der Waals surface area contributed by atoms with Gasteiger partial charge in [-0.2, -0.15) is 0 Å². The second kappa shape index (κ2) is 12.1. The number of carboxylic acid groups (broad SMARTS) is 1. The SMILES string of the molecule is O=C(O)[C@@H](CC1CCC1)N1C[C@H](CN2CCC(c3cnc(Cc4ccccc4)o3)CC2)[C@@H](c2ccccc2)C1. The first kappa shape index (κ1) is 26.3. The van der Waals surface area contributed by atoms with E-state index in [1.807, 2.05) is 12.3 Å². The fourth-order valence-corrected chi connectivity index (χ4v) is 6.97. The van der Waals surface area contributed by atoms with Crippen LogP contribution in [0, 0.1) is 11.8 Å². The van der Waals surface area contributed by atoms with Crippen molar-refractivity contribution in [3.05, 3.63) is 89.6 Å². The van der Waals surface area contributed by atoms with Gasteiger partial charge in [0.2, 0.25) is 0 Å². The molecule has 3 aromatic rings. The van der Waals surface area contributed by atoms with Gasteiger partial charge in [-0.25, -0.2) is 4.98 Å².